The smallest absolute Gasteiger partial charge is 0.168 e. The van der Waals surface area contributed by atoms with E-state index >= 15 is 0 Å². The van der Waals surface area contributed by atoms with Gasteiger partial charge in [-0.3, -0.25) is 0 Å². The van der Waals surface area contributed by atoms with Gasteiger partial charge in [0.15, 0.2) is 11.6 Å². The Bertz CT molecular complexity index is 600. The number of halogens is 3. The third-order valence-corrected chi connectivity index (χ3v) is 2.87. The van der Waals surface area contributed by atoms with Gasteiger partial charge in [0.2, 0.25) is 0 Å². The second-order valence-corrected chi connectivity index (χ2v) is 4.44. The second kappa shape index (κ2) is 5.55. The lowest BCUT2D eigenvalue weighted by molar-refractivity contribution is 0.199. The fraction of sp³-hybridized carbons (Fsp3) is 0.143. The number of aliphatic hydroxyl groups excluding tert-OH is 1. The molecule has 0 saturated carbocycles. The molecule has 2 rings (SSSR count). The molecule has 0 aliphatic carbocycles. The Morgan fingerprint density at radius 1 is 1.16 bits per heavy atom. The largest absolute Gasteiger partial charge is 0.454 e. The summed E-state index contributed by atoms with van der Waals surface area (Å²) in [5.74, 6) is -1.26. The lowest BCUT2D eigenvalue weighted by atomic mass is 10.1. The Morgan fingerprint density at radius 2 is 1.89 bits per heavy atom. The van der Waals surface area contributed by atoms with Crippen LogP contribution in [0.2, 0.25) is 5.02 Å². The first-order chi connectivity index (χ1) is 8.97. The van der Waals surface area contributed by atoms with E-state index in [0.29, 0.717) is 16.3 Å². The first-order valence-corrected chi connectivity index (χ1v) is 5.95. The number of hydrogen-bond acceptors (Lipinski definition) is 2. The summed E-state index contributed by atoms with van der Waals surface area (Å²) in [4.78, 5) is 0. The summed E-state index contributed by atoms with van der Waals surface area (Å²) in [6, 6.07) is 7.64. The summed E-state index contributed by atoms with van der Waals surface area (Å²) in [6.07, 6.45) is -0.705. The van der Waals surface area contributed by atoms with Crippen LogP contribution >= 0.6 is 11.6 Å². The molecule has 5 heteroatoms. The summed E-state index contributed by atoms with van der Waals surface area (Å²) in [5.41, 5.74) is 0.550. The predicted molar refractivity (Wildman–Crippen MR) is 68.5 cm³/mol. The fourth-order valence-corrected chi connectivity index (χ4v) is 1.92. The van der Waals surface area contributed by atoms with Gasteiger partial charge in [-0.25, -0.2) is 8.78 Å². The highest BCUT2D eigenvalue weighted by Crippen LogP contribution is 2.30. The Kier molecular flexibility index (Phi) is 4.02. The molecule has 0 bridgehead atoms. The predicted octanol–water partition coefficient (Wildman–Crippen LogP) is 4.46. The van der Waals surface area contributed by atoms with Crippen molar-refractivity contribution < 1.29 is 18.6 Å². The van der Waals surface area contributed by atoms with Crippen molar-refractivity contribution in [1.82, 2.24) is 0 Å². The Labute approximate surface area is 114 Å². The monoisotopic (exact) mass is 284 g/mol. The van der Waals surface area contributed by atoms with Gasteiger partial charge < -0.3 is 9.84 Å². The zero-order chi connectivity index (χ0) is 14.0. The van der Waals surface area contributed by atoms with E-state index in [-0.39, 0.29) is 5.75 Å². The highest BCUT2D eigenvalue weighted by atomic mass is 35.5. The Morgan fingerprint density at radius 3 is 2.47 bits per heavy atom. The van der Waals surface area contributed by atoms with E-state index < -0.39 is 17.7 Å². The minimum Gasteiger partial charge on any atom is -0.454 e. The zero-order valence-corrected chi connectivity index (χ0v) is 10.8. The van der Waals surface area contributed by atoms with Crippen molar-refractivity contribution in [2.75, 3.05) is 0 Å². The molecule has 0 aromatic heterocycles. The highest BCUT2D eigenvalue weighted by Gasteiger charge is 2.10. The molecule has 1 N–H and O–H groups in total. The van der Waals surface area contributed by atoms with E-state index in [2.05, 4.69) is 0 Å². The SMILES string of the molecule is CC(O)c1ccc(Oc2ccc(F)cc2F)cc1Cl. The lowest BCUT2D eigenvalue weighted by Gasteiger charge is -2.11. The van der Waals surface area contributed by atoms with Crippen LogP contribution in [-0.2, 0) is 0 Å². The van der Waals surface area contributed by atoms with Gasteiger partial charge in [0.1, 0.15) is 11.6 Å². The van der Waals surface area contributed by atoms with Gasteiger partial charge in [-0.1, -0.05) is 17.7 Å². The summed E-state index contributed by atoms with van der Waals surface area (Å²) < 4.78 is 31.4. The maximum atomic E-state index is 13.4. The van der Waals surface area contributed by atoms with Crippen molar-refractivity contribution in [1.29, 1.82) is 0 Å². The molecule has 1 unspecified atom stereocenters. The van der Waals surface area contributed by atoms with Crippen LogP contribution in [0.25, 0.3) is 0 Å². The quantitative estimate of drug-likeness (QED) is 0.901. The third-order valence-electron chi connectivity index (χ3n) is 2.54. The van der Waals surface area contributed by atoms with E-state index in [0.717, 1.165) is 12.1 Å². The molecule has 100 valence electrons. The molecule has 1 atom stereocenters. The molecule has 2 aromatic carbocycles. The van der Waals surface area contributed by atoms with Crippen molar-refractivity contribution in [2.24, 2.45) is 0 Å². The summed E-state index contributed by atoms with van der Waals surface area (Å²) in [7, 11) is 0. The molecular formula is C14H11ClF2O2. The highest BCUT2D eigenvalue weighted by molar-refractivity contribution is 6.31. The molecule has 0 aliphatic heterocycles. The van der Waals surface area contributed by atoms with E-state index in [1.807, 2.05) is 0 Å². The van der Waals surface area contributed by atoms with E-state index in [9.17, 15) is 13.9 Å². The summed E-state index contributed by atoms with van der Waals surface area (Å²) in [6.45, 7) is 1.58. The maximum absolute atomic E-state index is 13.4. The van der Waals surface area contributed by atoms with Crippen molar-refractivity contribution in [3.8, 4) is 11.5 Å². The van der Waals surface area contributed by atoms with Gasteiger partial charge in [0.05, 0.1) is 11.1 Å². The zero-order valence-electron chi connectivity index (χ0n) is 10.0. The van der Waals surface area contributed by atoms with Gasteiger partial charge in [0.25, 0.3) is 0 Å². The van der Waals surface area contributed by atoms with Crippen molar-refractivity contribution >= 4 is 11.6 Å². The van der Waals surface area contributed by atoms with Crippen LogP contribution in [0.15, 0.2) is 36.4 Å². The Balaban J connectivity index is 2.26. The first kappa shape index (κ1) is 13.8. The molecule has 0 amide bonds. The molecule has 0 radical (unpaired) electrons. The topological polar surface area (TPSA) is 29.5 Å². The van der Waals surface area contributed by atoms with Crippen LogP contribution in [0.5, 0.6) is 11.5 Å². The van der Waals surface area contributed by atoms with Crippen LogP contribution < -0.4 is 4.74 Å². The average Bonchev–Trinajstić information content (AvgIpc) is 2.32. The molecule has 2 aromatic rings. The second-order valence-electron chi connectivity index (χ2n) is 4.04. The van der Waals surface area contributed by atoms with Crippen LogP contribution in [-0.4, -0.2) is 5.11 Å². The van der Waals surface area contributed by atoms with Crippen LogP contribution in [0.3, 0.4) is 0 Å². The number of benzene rings is 2. The summed E-state index contributed by atoms with van der Waals surface area (Å²) in [5, 5.41) is 9.75. The van der Waals surface area contributed by atoms with Gasteiger partial charge in [-0.05, 0) is 36.8 Å². The maximum Gasteiger partial charge on any atom is 0.168 e. The fourth-order valence-electron chi connectivity index (χ4n) is 1.60. The minimum atomic E-state index is -0.796. The van der Waals surface area contributed by atoms with E-state index in [1.54, 1.807) is 19.1 Å². The number of hydrogen-bond donors (Lipinski definition) is 1. The van der Waals surface area contributed by atoms with Crippen molar-refractivity contribution in [3.05, 3.63) is 58.6 Å². The van der Waals surface area contributed by atoms with Gasteiger partial charge in [0, 0.05) is 6.07 Å². The summed E-state index contributed by atoms with van der Waals surface area (Å²) >= 11 is 5.96. The van der Waals surface area contributed by atoms with Crippen molar-refractivity contribution in [3.63, 3.8) is 0 Å². The molecular weight excluding hydrogens is 274 g/mol. The normalized spacial score (nSPS) is 12.3. The van der Waals surface area contributed by atoms with Gasteiger partial charge in [-0.2, -0.15) is 0 Å². The molecule has 0 heterocycles. The minimum absolute atomic E-state index is 0.0951. The molecule has 0 aliphatic rings. The molecule has 0 saturated heterocycles. The molecule has 0 spiro atoms. The van der Waals surface area contributed by atoms with Gasteiger partial charge >= 0.3 is 0 Å². The van der Waals surface area contributed by atoms with Crippen LogP contribution in [0.1, 0.15) is 18.6 Å². The van der Waals surface area contributed by atoms with Crippen LogP contribution in [0, 0.1) is 11.6 Å². The first-order valence-electron chi connectivity index (χ1n) is 5.58. The van der Waals surface area contributed by atoms with E-state index in [1.165, 1.54) is 12.1 Å². The molecule has 0 fully saturated rings. The molecule has 19 heavy (non-hydrogen) atoms. The number of ether oxygens (including phenoxy) is 1. The van der Waals surface area contributed by atoms with Crippen molar-refractivity contribution in [2.45, 2.75) is 13.0 Å². The van der Waals surface area contributed by atoms with Gasteiger partial charge in [-0.15, -0.1) is 0 Å². The standard InChI is InChI=1S/C14H11ClF2O2/c1-8(18)11-4-3-10(7-12(11)15)19-14-5-2-9(16)6-13(14)17/h2-8,18H,1H3. The lowest BCUT2D eigenvalue weighted by Crippen LogP contribution is -1.94. The third kappa shape index (κ3) is 3.22. The number of aliphatic hydroxyl groups is 1. The number of rotatable bonds is 3. The molecule has 2 nitrogen and oxygen atoms in total. The van der Waals surface area contributed by atoms with E-state index in [4.69, 9.17) is 16.3 Å². The van der Waals surface area contributed by atoms with Crippen LogP contribution in [0.4, 0.5) is 8.78 Å². The Hall–Kier alpha value is -1.65. The average molecular weight is 285 g/mol.